The summed E-state index contributed by atoms with van der Waals surface area (Å²) >= 11 is 6.43. The number of halogens is 1. The summed E-state index contributed by atoms with van der Waals surface area (Å²) < 4.78 is 29.2. The molecule has 0 aromatic heterocycles. The van der Waals surface area contributed by atoms with Crippen LogP contribution in [0.4, 0.5) is 10.5 Å². The number of hydrogen-bond acceptors (Lipinski definition) is 6. The molecule has 3 heterocycles. The van der Waals surface area contributed by atoms with E-state index in [-0.39, 0.29) is 34.5 Å². The first-order valence-corrected chi connectivity index (χ1v) is 18.3. The molecule has 5 aliphatic rings. The zero-order chi connectivity index (χ0) is 31.6. The van der Waals surface area contributed by atoms with Crippen LogP contribution in [-0.4, -0.2) is 59.2 Å². The van der Waals surface area contributed by atoms with Crippen LogP contribution in [0.25, 0.3) is 0 Å². The molecule has 2 bridgehead atoms. The highest BCUT2D eigenvalue weighted by Crippen LogP contribution is 2.49. The van der Waals surface area contributed by atoms with Crippen LogP contribution in [0.2, 0.25) is 5.02 Å². The van der Waals surface area contributed by atoms with Gasteiger partial charge in [0, 0.05) is 40.3 Å². The molecule has 45 heavy (non-hydrogen) atoms. The fourth-order valence-electron chi connectivity index (χ4n) is 8.21. The molecule has 2 amide bonds. The molecule has 3 aliphatic heterocycles. The smallest absolute Gasteiger partial charge is 0.408 e. The predicted molar refractivity (Wildman–Crippen MR) is 179 cm³/mol. The summed E-state index contributed by atoms with van der Waals surface area (Å²) in [6.45, 7) is 6.26. The highest BCUT2D eigenvalue weighted by molar-refractivity contribution is 7.99. The summed E-state index contributed by atoms with van der Waals surface area (Å²) in [5, 5.41) is 3.28. The zero-order valence-corrected chi connectivity index (χ0v) is 27.6. The lowest BCUT2D eigenvalue weighted by molar-refractivity contribution is -0.0241. The highest BCUT2D eigenvalue weighted by Gasteiger charge is 2.53. The summed E-state index contributed by atoms with van der Waals surface area (Å²) in [7, 11) is -2.97. The maximum absolute atomic E-state index is 13.8. The van der Waals surface area contributed by atoms with Crippen molar-refractivity contribution in [3.05, 3.63) is 70.3 Å². The number of amides is 2. The number of ether oxygens (including phenoxy) is 2. The van der Waals surface area contributed by atoms with Crippen molar-refractivity contribution in [2.24, 2.45) is 17.8 Å². The molecule has 8 nitrogen and oxygen atoms in total. The first kappa shape index (κ1) is 30.5. The van der Waals surface area contributed by atoms with Gasteiger partial charge in [0.1, 0.15) is 5.75 Å². The van der Waals surface area contributed by atoms with E-state index in [1.165, 1.54) is 11.1 Å². The Morgan fingerprint density at radius 2 is 1.98 bits per heavy atom. The third-order valence-corrected chi connectivity index (χ3v) is 13.6. The molecule has 7 atom stereocenters. The molecule has 10 heteroatoms. The number of nitrogens with one attached hydrogen (secondary N) is 2. The Balaban J connectivity index is 1.33. The number of benzene rings is 2. The van der Waals surface area contributed by atoms with Gasteiger partial charge in [0.2, 0.25) is 0 Å². The molecule has 2 fully saturated rings. The number of anilines is 1. The van der Waals surface area contributed by atoms with Crippen LogP contribution in [-0.2, 0) is 26.3 Å². The summed E-state index contributed by atoms with van der Waals surface area (Å²) in [5.41, 5.74) is 2.81. The van der Waals surface area contributed by atoms with E-state index in [2.05, 4.69) is 45.1 Å². The van der Waals surface area contributed by atoms with Gasteiger partial charge in [-0.2, -0.15) is 0 Å². The Morgan fingerprint density at radius 1 is 1.13 bits per heavy atom. The number of carbonyl (C=O) groups excluding carboxylic acids is 2. The van der Waals surface area contributed by atoms with Crippen molar-refractivity contribution in [3.63, 3.8) is 0 Å². The minimum absolute atomic E-state index is 0.0286. The SMILES string of the molecule is C=S1(=O)NC(=O)c2ccc3c(c2)N(C[C@@H]2CC[C@H]2[C@]2(/C=C/C[C@H](C)[C@H]1C)CNC(=O)O2)C[C@@]1(CCCc2cc(Cl)ccc21)CO3. The molecular weight excluding hydrogens is 610 g/mol. The van der Waals surface area contributed by atoms with E-state index in [0.717, 1.165) is 55.1 Å². The molecule has 7 rings (SSSR count). The lowest BCUT2D eigenvalue weighted by Gasteiger charge is -2.48. The van der Waals surface area contributed by atoms with Crippen LogP contribution in [0, 0.1) is 17.8 Å². The molecule has 1 unspecified atom stereocenters. The largest absolute Gasteiger partial charge is 0.490 e. The van der Waals surface area contributed by atoms with E-state index in [9.17, 15) is 13.8 Å². The minimum atomic E-state index is -2.97. The van der Waals surface area contributed by atoms with E-state index in [4.69, 9.17) is 21.1 Å². The summed E-state index contributed by atoms with van der Waals surface area (Å²) in [5.74, 6) is 4.67. The zero-order valence-electron chi connectivity index (χ0n) is 26.0. The van der Waals surface area contributed by atoms with Gasteiger partial charge >= 0.3 is 6.09 Å². The Kier molecular flexibility index (Phi) is 7.63. The van der Waals surface area contributed by atoms with Crippen molar-refractivity contribution in [3.8, 4) is 5.75 Å². The van der Waals surface area contributed by atoms with E-state index < -0.39 is 21.2 Å². The van der Waals surface area contributed by atoms with Crippen molar-refractivity contribution in [1.29, 1.82) is 0 Å². The van der Waals surface area contributed by atoms with Crippen LogP contribution >= 0.6 is 11.6 Å². The third-order valence-electron chi connectivity index (χ3n) is 11.2. The fraction of sp³-hybridized carbons (Fsp3) is 0.514. The number of carbonyl (C=O) groups is 2. The van der Waals surface area contributed by atoms with Gasteiger partial charge in [0.25, 0.3) is 5.91 Å². The van der Waals surface area contributed by atoms with Gasteiger partial charge in [-0.25, -0.2) is 9.00 Å². The highest BCUT2D eigenvalue weighted by atomic mass is 35.5. The van der Waals surface area contributed by atoms with Crippen LogP contribution in [0.5, 0.6) is 5.75 Å². The van der Waals surface area contributed by atoms with Gasteiger partial charge in [0.15, 0.2) is 5.60 Å². The molecule has 2 aliphatic carbocycles. The molecule has 2 N–H and O–H groups in total. The normalized spacial score (nSPS) is 36.8. The Labute approximate surface area is 271 Å². The second-order valence-corrected chi connectivity index (χ2v) is 16.7. The van der Waals surface area contributed by atoms with Gasteiger partial charge in [-0.15, -0.1) is 0 Å². The molecule has 2 spiro atoms. The van der Waals surface area contributed by atoms with E-state index in [1.54, 1.807) is 6.07 Å². The summed E-state index contributed by atoms with van der Waals surface area (Å²) in [6, 6.07) is 11.7. The van der Waals surface area contributed by atoms with Crippen molar-refractivity contribution in [1.82, 2.24) is 10.0 Å². The van der Waals surface area contributed by atoms with Crippen molar-refractivity contribution in [2.75, 3.05) is 31.1 Å². The standard InChI is InChI=1S/C35H42ClN3O5S/c1-22-6-4-15-35(19-37-33(41)44-35)29-11-8-26(29)18-39-20-34(14-5-7-24-16-27(36)10-12-28(24)34)21-43-31-13-9-25(17-30(31)39)32(40)38-45(3,42)23(22)2/h4,9-10,12-13,15-17,22-23,26,29H,3,5-8,11,14,18-21H2,1-2H3,(H,37,41)(H,38,40,42)/b15-4+/t22-,23+,26-,29+,34-,35-,45?/m0/s1. The van der Waals surface area contributed by atoms with Crippen LogP contribution in [0.1, 0.15) is 67.4 Å². The number of nitrogens with zero attached hydrogens (tertiary/aromatic N) is 1. The van der Waals surface area contributed by atoms with E-state index in [0.29, 0.717) is 31.7 Å². The Morgan fingerprint density at radius 3 is 2.73 bits per heavy atom. The maximum atomic E-state index is 13.8. The van der Waals surface area contributed by atoms with Crippen LogP contribution in [0.3, 0.4) is 0 Å². The Hall–Kier alpha value is -3.17. The second-order valence-electron chi connectivity index (χ2n) is 13.9. The molecule has 0 radical (unpaired) electrons. The first-order valence-electron chi connectivity index (χ1n) is 16.1. The van der Waals surface area contributed by atoms with Crippen molar-refractivity contribution >= 4 is 44.9 Å². The number of aryl methyl sites for hydroxylation is 1. The summed E-state index contributed by atoms with van der Waals surface area (Å²) in [6.07, 6.45) is 9.30. The fourth-order valence-corrected chi connectivity index (χ4v) is 9.88. The monoisotopic (exact) mass is 651 g/mol. The number of allylic oxidation sites excluding steroid dienone is 1. The van der Waals surface area contributed by atoms with E-state index in [1.807, 2.05) is 32.0 Å². The third kappa shape index (κ3) is 5.39. The number of rotatable bonds is 0. The van der Waals surface area contributed by atoms with E-state index >= 15 is 0 Å². The number of alkyl carbamates (subject to hydrolysis) is 1. The summed E-state index contributed by atoms with van der Waals surface area (Å²) in [4.78, 5) is 28.5. The van der Waals surface area contributed by atoms with Gasteiger partial charge in [0.05, 0.1) is 28.5 Å². The first-order chi connectivity index (χ1) is 21.5. The maximum Gasteiger partial charge on any atom is 0.408 e. The lowest BCUT2D eigenvalue weighted by atomic mass is 9.64. The predicted octanol–water partition coefficient (Wildman–Crippen LogP) is 5.66. The molecule has 1 saturated heterocycles. The van der Waals surface area contributed by atoms with Gasteiger partial charge in [-0.05, 0) is 111 Å². The second kappa shape index (κ2) is 11.3. The molecule has 2 aromatic carbocycles. The topological polar surface area (TPSA) is 97.0 Å². The molecule has 1 saturated carbocycles. The minimum Gasteiger partial charge on any atom is -0.490 e. The van der Waals surface area contributed by atoms with Crippen molar-refractivity contribution in [2.45, 2.75) is 68.6 Å². The number of hydrogen-bond donors (Lipinski definition) is 2. The van der Waals surface area contributed by atoms with Gasteiger partial charge < -0.3 is 19.7 Å². The lowest BCUT2D eigenvalue weighted by Crippen LogP contribution is -2.53. The average molecular weight is 652 g/mol. The average Bonchev–Trinajstić information content (AvgIpc) is 3.28. The van der Waals surface area contributed by atoms with Crippen molar-refractivity contribution < 1.29 is 23.3 Å². The van der Waals surface area contributed by atoms with Gasteiger partial charge in [-0.1, -0.05) is 30.7 Å². The molecule has 2 aromatic rings. The van der Waals surface area contributed by atoms with Gasteiger partial charge in [-0.3, -0.25) is 9.52 Å². The quantitative estimate of drug-likeness (QED) is 0.282. The van der Waals surface area contributed by atoms with Crippen LogP contribution < -0.4 is 19.7 Å². The molecule has 240 valence electrons. The Bertz CT molecular complexity index is 1680. The number of fused-ring (bicyclic) bond motifs is 5. The van der Waals surface area contributed by atoms with Crippen LogP contribution in [0.15, 0.2) is 48.6 Å². The molecular formula is C35H42ClN3O5S.